The van der Waals surface area contributed by atoms with Gasteiger partial charge in [-0.15, -0.1) is 0 Å². The first-order valence-electron chi connectivity index (χ1n) is 5.02. The predicted molar refractivity (Wildman–Crippen MR) is 59.7 cm³/mol. The lowest BCUT2D eigenvalue weighted by Crippen LogP contribution is -2.28. The number of nitrogens with two attached hydrogens (primary N) is 1. The number of carbonyl (C=O) groups is 1. The van der Waals surface area contributed by atoms with E-state index in [1.54, 1.807) is 0 Å². The Morgan fingerprint density at radius 1 is 1.53 bits per heavy atom. The van der Waals surface area contributed by atoms with Crippen molar-refractivity contribution in [1.82, 2.24) is 0 Å². The summed E-state index contributed by atoms with van der Waals surface area (Å²) in [6.45, 7) is 0.254. The average Bonchev–Trinajstić information content (AvgIpc) is 2.57. The maximum atomic E-state index is 11.6. The molecule has 1 fully saturated rings. The molecule has 1 aromatic rings. The Bertz CT molecular complexity index is 488. The standard InChI is InChI=1S/C10H11N3O4/c11-6-3-10(15)12(5-6)8-2-1-7(14)4-9(8)13(16)17/h1-2,4,6,14H,3,5,11H2. The first-order chi connectivity index (χ1) is 7.99. The second kappa shape index (κ2) is 4.02. The number of phenols is 1. The normalized spacial score (nSPS) is 19.7. The molecular weight excluding hydrogens is 226 g/mol. The van der Waals surface area contributed by atoms with Gasteiger partial charge in [0.1, 0.15) is 11.4 Å². The number of nitrogens with zero attached hydrogens (tertiary/aromatic N) is 2. The number of hydrogen-bond acceptors (Lipinski definition) is 5. The van der Waals surface area contributed by atoms with E-state index in [0.717, 1.165) is 6.07 Å². The summed E-state index contributed by atoms with van der Waals surface area (Å²) >= 11 is 0. The summed E-state index contributed by atoms with van der Waals surface area (Å²) in [5, 5.41) is 20.1. The number of phenolic OH excluding ortho intramolecular Hbond substituents is 1. The molecule has 3 N–H and O–H groups in total. The minimum Gasteiger partial charge on any atom is -0.508 e. The van der Waals surface area contributed by atoms with Crippen LogP contribution in [0, 0.1) is 10.1 Å². The maximum absolute atomic E-state index is 11.6. The fraction of sp³-hybridized carbons (Fsp3) is 0.300. The van der Waals surface area contributed by atoms with E-state index in [-0.39, 0.29) is 42.0 Å². The molecule has 0 saturated carbocycles. The van der Waals surface area contributed by atoms with Crippen LogP contribution in [0.4, 0.5) is 11.4 Å². The van der Waals surface area contributed by atoms with Crippen molar-refractivity contribution >= 4 is 17.3 Å². The van der Waals surface area contributed by atoms with Crippen molar-refractivity contribution in [3.8, 4) is 5.75 Å². The van der Waals surface area contributed by atoms with Crippen molar-refractivity contribution in [2.45, 2.75) is 12.5 Å². The van der Waals surface area contributed by atoms with Gasteiger partial charge in [0.2, 0.25) is 5.91 Å². The van der Waals surface area contributed by atoms with Gasteiger partial charge in [-0.3, -0.25) is 14.9 Å². The first-order valence-corrected chi connectivity index (χ1v) is 5.02. The maximum Gasteiger partial charge on any atom is 0.296 e. The van der Waals surface area contributed by atoms with Crippen LogP contribution < -0.4 is 10.6 Å². The third kappa shape index (κ3) is 2.04. The molecule has 1 aliphatic rings. The fourth-order valence-corrected chi connectivity index (χ4v) is 1.85. The van der Waals surface area contributed by atoms with Gasteiger partial charge in [0.05, 0.1) is 11.0 Å². The molecule has 17 heavy (non-hydrogen) atoms. The molecule has 1 aliphatic heterocycles. The third-order valence-corrected chi connectivity index (χ3v) is 2.60. The Hall–Kier alpha value is -2.15. The molecule has 1 unspecified atom stereocenters. The van der Waals surface area contributed by atoms with Crippen LogP contribution in [0.2, 0.25) is 0 Å². The summed E-state index contributed by atoms with van der Waals surface area (Å²) in [6.07, 6.45) is 0.179. The summed E-state index contributed by atoms with van der Waals surface area (Å²) in [5.74, 6) is -0.456. The molecule has 0 aliphatic carbocycles. The van der Waals surface area contributed by atoms with Gasteiger partial charge in [0.15, 0.2) is 0 Å². The lowest BCUT2D eigenvalue weighted by molar-refractivity contribution is -0.384. The second-order valence-corrected chi connectivity index (χ2v) is 3.90. The van der Waals surface area contributed by atoms with Crippen molar-refractivity contribution in [3.05, 3.63) is 28.3 Å². The topological polar surface area (TPSA) is 110 Å². The van der Waals surface area contributed by atoms with Crippen LogP contribution in [0.5, 0.6) is 5.75 Å². The van der Waals surface area contributed by atoms with Gasteiger partial charge >= 0.3 is 0 Å². The number of carbonyl (C=O) groups excluding carboxylic acids is 1. The van der Waals surface area contributed by atoms with E-state index in [4.69, 9.17) is 5.73 Å². The Kier molecular flexibility index (Phi) is 2.68. The monoisotopic (exact) mass is 237 g/mol. The quantitative estimate of drug-likeness (QED) is 0.570. The summed E-state index contributed by atoms with van der Waals surface area (Å²) < 4.78 is 0. The lowest BCUT2D eigenvalue weighted by Gasteiger charge is -2.15. The molecule has 1 amide bonds. The minimum absolute atomic E-state index is 0.172. The summed E-state index contributed by atoms with van der Waals surface area (Å²) in [6, 6.07) is 3.37. The predicted octanol–water partition coefficient (Wildman–Crippen LogP) is 0.364. The number of nitro benzene ring substituents is 1. The molecule has 7 heteroatoms. The highest BCUT2D eigenvalue weighted by atomic mass is 16.6. The van der Waals surface area contributed by atoms with Gasteiger partial charge in [-0.2, -0.15) is 0 Å². The number of amides is 1. The molecule has 0 bridgehead atoms. The van der Waals surface area contributed by atoms with Crippen molar-refractivity contribution in [2.75, 3.05) is 11.4 Å². The molecule has 0 radical (unpaired) electrons. The molecule has 1 saturated heterocycles. The van der Waals surface area contributed by atoms with Crippen LogP contribution in [0.15, 0.2) is 18.2 Å². The molecule has 2 rings (SSSR count). The largest absolute Gasteiger partial charge is 0.508 e. The van der Waals surface area contributed by atoms with E-state index >= 15 is 0 Å². The van der Waals surface area contributed by atoms with Crippen molar-refractivity contribution in [3.63, 3.8) is 0 Å². The second-order valence-electron chi connectivity index (χ2n) is 3.90. The van der Waals surface area contributed by atoms with Crippen LogP contribution >= 0.6 is 0 Å². The van der Waals surface area contributed by atoms with Crippen LogP contribution in [0.3, 0.4) is 0 Å². The Balaban J connectivity index is 2.45. The van der Waals surface area contributed by atoms with E-state index in [1.165, 1.54) is 17.0 Å². The van der Waals surface area contributed by atoms with E-state index in [2.05, 4.69) is 0 Å². The smallest absolute Gasteiger partial charge is 0.296 e. The summed E-state index contributed by atoms with van der Waals surface area (Å²) in [5.41, 5.74) is 5.50. The highest BCUT2D eigenvalue weighted by Gasteiger charge is 2.32. The molecule has 1 atom stereocenters. The van der Waals surface area contributed by atoms with Gasteiger partial charge in [-0.1, -0.05) is 0 Å². The molecular formula is C10H11N3O4. The van der Waals surface area contributed by atoms with E-state index < -0.39 is 4.92 Å². The van der Waals surface area contributed by atoms with Gasteiger partial charge < -0.3 is 15.7 Å². The van der Waals surface area contributed by atoms with Crippen LogP contribution in [-0.2, 0) is 4.79 Å². The fourth-order valence-electron chi connectivity index (χ4n) is 1.85. The number of aromatic hydroxyl groups is 1. The van der Waals surface area contributed by atoms with Gasteiger partial charge in [-0.05, 0) is 12.1 Å². The molecule has 0 spiro atoms. The van der Waals surface area contributed by atoms with Crippen LogP contribution in [0.25, 0.3) is 0 Å². The number of anilines is 1. The Morgan fingerprint density at radius 2 is 2.24 bits per heavy atom. The van der Waals surface area contributed by atoms with E-state index in [0.29, 0.717) is 0 Å². The highest BCUT2D eigenvalue weighted by Crippen LogP contribution is 2.33. The zero-order chi connectivity index (χ0) is 12.6. The zero-order valence-electron chi connectivity index (χ0n) is 8.87. The SMILES string of the molecule is NC1CC(=O)N(c2ccc(O)cc2[N+](=O)[O-])C1. The first kappa shape index (κ1) is 11.3. The third-order valence-electron chi connectivity index (χ3n) is 2.60. The van der Waals surface area contributed by atoms with Gasteiger partial charge in [0, 0.05) is 19.0 Å². The molecule has 0 aromatic heterocycles. The van der Waals surface area contributed by atoms with E-state index in [1.807, 2.05) is 0 Å². The Morgan fingerprint density at radius 3 is 2.76 bits per heavy atom. The van der Waals surface area contributed by atoms with Gasteiger partial charge in [-0.25, -0.2) is 0 Å². The number of nitro groups is 1. The average molecular weight is 237 g/mol. The van der Waals surface area contributed by atoms with E-state index in [9.17, 15) is 20.0 Å². The molecule has 1 heterocycles. The molecule has 90 valence electrons. The Labute approximate surface area is 96.6 Å². The number of hydrogen-bond donors (Lipinski definition) is 2. The van der Waals surface area contributed by atoms with Crippen molar-refractivity contribution < 1.29 is 14.8 Å². The lowest BCUT2D eigenvalue weighted by atomic mass is 10.2. The highest BCUT2D eigenvalue weighted by molar-refractivity contribution is 5.98. The van der Waals surface area contributed by atoms with Crippen LogP contribution in [-0.4, -0.2) is 28.5 Å². The number of rotatable bonds is 2. The van der Waals surface area contributed by atoms with Crippen molar-refractivity contribution in [1.29, 1.82) is 0 Å². The molecule has 1 aromatic carbocycles. The van der Waals surface area contributed by atoms with Crippen LogP contribution in [0.1, 0.15) is 6.42 Å². The van der Waals surface area contributed by atoms with Gasteiger partial charge in [0.25, 0.3) is 5.69 Å². The summed E-state index contributed by atoms with van der Waals surface area (Å²) in [4.78, 5) is 23.1. The minimum atomic E-state index is -0.633. The molecule has 7 nitrogen and oxygen atoms in total. The zero-order valence-corrected chi connectivity index (χ0v) is 8.87. The van der Waals surface area contributed by atoms with Crippen molar-refractivity contribution in [2.24, 2.45) is 5.73 Å². The number of benzene rings is 1. The summed E-state index contributed by atoms with van der Waals surface area (Å²) in [7, 11) is 0.